The number of H-pyrrole nitrogens is 1. The van der Waals surface area contributed by atoms with Crippen LogP contribution in [0.4, 0.5) is 0 Å². The van der Waals surface area contributed by atoms with Crippen molar-refractivity contribution in [2.75, 3.05) is 0 Å². The molecular weight excluding hydrogens is 254 g/mol. The fourth-order valence-corrected chi connectivity index (χ4v) is 1.74. The van der Waals surface area contributed by atoms with Gasteiger partial charge in [0.25, 0.3) is 5.91 Å². The van der Waals surface area contributed by atoms with Crippen LogP contribution in [-0.4, -0.2) is 21.4 Å². The van der Waals surface area contributed by atoms with Crippen LogP contribution in [0.1, 0.15) is 31.3 Å². The van der Waals surface area contributed by atoms with E-state index >= 15 is 0 Å². The maximum Gasteiger partial charge on any atom is 0.346 e. The summed E-state index contributed by atoms with van der Waals surface area (Å²) in [6, 6.07) is 10.8. The molecule has 1 heterocycles. The molecule has 0 saturated heterocycles. The summed E-state index contributed by atoms with van der Waals surface area (Å²) in [5, 5.41) is 2.80. The van der Waals surface area contributed by atoms with Crippen LogP contribution in [0, 0.1) is 0 Å². The normalized spacial score (nSPS) is 11.2. The average molecular weight is 271 g/mol. The number of benzene rings is 1. The second-order valence-electron chi connectivity index (χ2n) is 5.56. The second kappa shape index (κ2) is 5.28. The van der Waals surface area contributed by atoms with Gasteiger partial charge in [-0.15, -0.1) is 0 Å². The Morgan fingerprint density at radius 1 is 1.20 bits per heavy atom. The highest BCUT2D eigenvalue weighted by molar-refractivity contribution is 5.93. The third-order valence-corrected chi connectivity index (χ3v) is 2.55. The van der Waals surface area contributed by atoms with Crippen LogP contribution in [0.25, 0.3) is 11.3 Å². The zero-order valence-electron chi connectivity index (χ0n) is 11.7. The van der Waals surface area contributed by atoms with E-state index in [0.717, 1.165) is 5.56 Å². The van der Waals surface area contributed by atoms with Crippen molar-refractivity contribution in [3.63, 3.8) is 0 Å². The van der Waals surface area contributed by atoms with Crippen LogP contribution in [0.3, 0.4) is 0 Å². The number of hydrogen-bond acceptors (Lipinski definition) is 3. The molecular formula is C15H17N3O2. The third kappa shape index (κ3) is 3.54. The summed E-state index contributed by atoms with van der Waals surface area (Å²) in [6.45, 7) is 5.63. The number of nitrogens with one attached hydrogen (secondary N) is 2. The predicted octanol–water partition coefficient (Wildman–Crippen LogP) is 1.97. The molecule has 0 radical (unpaired) electrons. The summed E-state index contributed by atoms with van der Waals surface area (Å²) in [5.41, 5.74) is 0.574. The highest BCUT2D eigenvalue weighted by Crippen LogP contribution is 2.15. The van der Waals surface area contributed by atoms with E-state index in [2.05, 4.69) is 15.3 Å². The van der Waals surface area contributed by atoms with Gasteiger partial charge in [0.05, 0.1) is 5.69 Å². The van der Waals surface area contributed by atoms with Gasteiger partial charge in [-0.3, -0.25) is 4.79 Å². The van der Waals surface area contributed by atoms with Crippen LogP contribution < -0.4 is 11.0 Å². The zero-order valence-corrected chi connectivity index (χ0v) is 11.7. The van der Waals surface area contributed by atoms with Gasteiger partial charge in [-0.2, -0.15) is 4.98 Å². The number of carbonyl (C=O) groups excluding carboxylic acids is 1. The van der Waals surface area contributed by atoms with Crippen molar-refractivity contribution in [1.29, 1.82) is 0 Å². The Hall–Kier alpha value is -2.43. The Morgan fingerprint density at radius 3 is 2.45 bits per heavy atom. The van der Waals surface area contributed by atoms with Crippen molar-refractivity contribution in [3.8, 4) is 11.3 Å². The minimum atomic E-state index is -0.537. The Kier molecular flexibility index (Phi) is 3.70. The first-order valence-corrected chi connectivity index (χ1v) is 6.34. The molecule has 0 aliphatic carbocycles. The summed E-state index contributed by atoms with van der Waals surface area (Å²) >= 11 is 0. The van der Waals surface area contributed by atoms with Crippen LogP contribution in [0.2, 0.25) is 0 Å². The van der Waals surface area contributed by atoms with Crippen molar-refractivity contribution in [3.05, 3.63) is 52.6 Å². The number of rotatable bonds is 2. The number of hydrogen-bond donors (Lipinski definition) is 2. The first kappa shape index (κ1) is 14.0. The van der Waals surface area contributed by atoms with Crippen LogP contribution in [-0.2, 0) is 0 Å². The molecule has 2 N–H and O–H groups in total. The Morgan fingerprint density at radius 2 is 1.85 bits per heavy atom. The van der Waals surface area contributed by atoms with E-state index < -0.39 is 5.69 Å². The van der Waals surface area contributed by atoms with Gasteiger partial charge in [0, 0.05) is 11.1 Å². The lowest BCUT2D eigenvalue weighted by Crippen LogP contribution is -2.41. The zero-order chi connectivity index (χ0) is 14.8. The Labute approximate surface area is 117 Å². The summed E-state index contributed by atoms with van der Waals surface area (Å²) in [6.07, 6.45) is 0. The Bertz CT molecular complexity index is 670. The molecule has 2 rings (SSSR count). The lowest BCUT2D eigenvalue weighted by atomic mass is 10.1. The van der Waals surface area contributed by atoms with Crippen molar-refractivity contribution in [2.24, 2.45) is 0 Å². The van der Waals surface area contributed by atoms with Crippen LogP contribution >= 0.6 is 0 Å². The second-order valence-corrected chi connectivity index (χ2v) is 5.56. The van der Waals surface area contributed by atoms with E-state index in [1.165, 1.54) is 0 Å². The van der Waals surface area contributed by atoms with Gasteiger partial charge in [-0.1, -0.05) is 30.3 Å². The van der Waals surface area contributed by atoms with Gasteiger partial charge in [-0.25, -0.2) is 4.79 Å². The summed E-state index contributed by atoms with van der Waals surface area (Å²) in [7, 11) is 0. The molecule has 0 fully saturated rings. The molecule has 0 saturated carbocycles. The number of nitrogens with zero attached hydrogens (tertiary/aromatic N) is 1. The standard InChI is InChI=1S/C15H17N3O2/c1-15(2,3)18-13(19)12-9-11(16-14(20)17-12)10-7-5-4-6-8-10/h4-9H,1-3H3,(H,18,19)(H,16,17,20). The van der Waals surface area contributed by atoms with E-state index in [1.807, 2.05) is 51.1 Å². The van der Waals surface area contributed by atoms with E-state index in [1.54, 1.807) is 6.07 Å². The van der Waals surface area contributed by atoms with Gasteiger partial charge < -0.3 is 10.3 Å². The first-order valence-electron chi connectivity index (χ1n) is 6.34. The van der Waals surface area contributed by atoms with Gasteiger partial charge in [0.15, 0.2) is 0 Å². The highest BCUT2D eigenvalue weighted by atomic mass is 16.2. The van der Waals surface area contributed by atoms with Crippen molar-refractivity contribution in [1.82, 2.24) is 15.3 Å². The minimum absolute atomic E-state index is 0.207. The molecule has 1 aromatic heterocycles. The molecule has 0 bridgehead atoms. The molecule has 5 heteroatoms. The van der Waals surface area contributed by atoms with Gasteiger partial charge in [0.1, 0.15) is 5.69 Å². The quantitative estimate of drug-likeness (QED) is 0.876. The van der Waals surface area contributed by atoms with E-state index in [9.17, 15) is 9.59 Å². The van der Waals surface area contributed by atoms with Crippen molar-refractivity contribution < 1.29 is 4.79 Å². The predicted molar refractivity (Wildman–Crippen MR) is 77.5 cm³/mol. The Balaban J connectivity index is 2.40. The topological polar surface area (TPSA) is 74.8 Å². The number of aromatic nitrogens is 2. The van der Waals surface area contributed by atoms with Gasteiger partial charge in [-0.05, 0) is 26.8 Å². The SMILES string of the molecule is CC(C)(C)NC(=O)c1cc(-c2ccccc2)nc(=O)[nH]1. The van der Waals surface area contributed by atoms with Crippen LogP contribution in [0.15, 0.2) is 41.2 Å². The molecule has 0 aliphatic heterocycles. The molecule has 0 unspecified atom stereocenters. The molecule has 0 atom stereocenters. The van der Waals surface area contributed by atoms with E-state index in [-0.39, 0.29) is 17.1 Å². The summed E-state index contributed by atoms with van der Waals surface area (Å²) < 4.78 is 0. The van der Waals surface area contributed by atoms with Crippen molar-refractivity contribution in [2.45, 2.75) is 26.3 Å². The monoisotopic (exact) mass is 271 g/mol. The third-order valence-electron chi connectivity index (χ3n) is 2.55. The fraction of sp³-hybridized carbons (Fsp3) is 0.267. The summed E-state index contributed by atoms with van der Waals surface area (Å²) in [5.74, 6) is -0.325. The fourth-order valence-electron chi connectivity index (χ4n) is 1.74. The molecule has 2 aromatic rings. The van der Waals surface area contributed by atoms with E-state index in [4.69, 9.17) is 0 Å². The highest BCUT2D eigenvalue weighted by Gasteiger charge is 2.17. The molecule has 20 heavy (non-hydrogen) atoms. The number of carbonyl (C=O) groups is 1. The van der Waals surface area contributed by atoms with Crippen molar-refractivity contribution >= 4 is 5.91 Å². The smallest absolute Gasteiger partial charge is 0.346 e. The maximum absolute atomic E-state index is 12.1. The molecule has 5 nitrogen and oxygen atoms in total. The van der Waals surface area contributed by atoms with Gasteiger partial charge in [0.2, 0.25) is 0 Å². The molecule has 104 valence electrons. The first-order chi connectivity index (χ1) is 9.35. The average Bonchev–Trinajstić information content (AvgIpc) is 2.37. The number of amides is 1. The van der Waals surface area contributed by atoms with Gasteiger partial charge >= 0.3 is 5.69 Å². The molecule has 1 amide bonds. The van der Waals surface area contributed by atoms with E-state index in [0.29, 0.717) is 5.69 Å². The molecule has 0 aliphatic rings. The lowest BCUT2D eigenvalue weighted by molar-refractivity contribution is 0.0914. The van der Waals surface area contributed by atoms with Crippen LogP contribution in [0.5, 0.6) is 0 Å². The maximum atomic E-state index is 12.1. The molecule has 0 spiro atoms. The lowest BCUT2D eigenvalue weighted by Gasteiger charge is -2.20. The summed E-state index contributed by atoms with van der Waals surface area (Å²) in [4.78, 5) is 30.0. The molecule has 1 aromatic carbocycles. The largest absolute Gasteiger partial charge is 0.346 e. The minimum Gasteiger partial charge on any atom is -0.346 e. The number of aromatic amines is 1.